The van der Waals surface area contributed by atoms with Crippen LogP contribution in [0.1, 0.15) is 28.2 Å². The molecule has 2 aliphatic heterocycles. The number of nitrogens with zero attached hydrogens (tertiary/aromatic N) is 2. The van der Waals surface area contributed by atoms with Crippen molar-refractivity contribution in [2.45, 2.75) is 20.3 Å². The smallest absolute Gasteiger partial charge is 0.311 e. The van der Waals surface area contributed by atoms with Gasteiger partial charge in [0.1, 0.15) is 13.2 Å². The van der Waals surface area contributed by atoms with E-state index in [-0.39, 0.29) is 31.3 Å². The Kier molecular flexibility index (Phi) is 5.24. The highest BCUT2D eigenvalue weighted by Crippen LogP contribution is 2.36. The van der Waals surface area contributed by atoms with Crippen LogP contribution < -0.4 is 14.4 Å². The van der Waals surface area contributed by atoms with Crippen LogP contribution in [-0.2, 0) is 21.4 Å². The third kappa shape index (κ3) is 3.65. The van der Waals surface area contributed by atoms with Crippen LogP contribution >= 0.6 is 0 Å². The predicted octanol–water partition coefficient (Wildman–Crippen LogP) is 2.19. The maximum Gasteiger partial charge on any atom is 0.311 e. The summed E-state index contributed by atoms with van der Waals surface area (Å²) in [5, 5.41) is 0. The van der Waals surface area contributed by atoms with Gasteiger partial charge in [0.05, 0.1) is 5.92 Å². The van der Waals surface area contributed by atoms with Crippen LogP contribution in [-0.4, -0.2) is 48.6 Å². The molecule has 0 N–H and O–H groups in total. The Labute approximate surface area is 174 Å². The molecule has 0 saturated carbocycles. The van der Waals surface area contributed by atoms with E-state index >= 15 is 0 Å². The normalized spacial score (nSPS) is 17.9. The van der Waals surface area contributed by atoms with E-state index in [1.165, 1.54) is 4.90 Å². The summed E-state index contributed by atoms with van der Waals surface area (Å²) in [6, 6.07) is 7.05. The molecular weight excluding hydrogens is 388 g/mol. The highest BCUT2D eigenvalue weighted by atomic mass is 16.6. The summed E-state index contributed by atoms with van der Waals surface area (Å²) >= 11 is 0. The second-order valence-corrected chi connectivity index (χ2v) is 7.61. The van der Waals surface area contributed by atoms with E-state index < -0.39 is 11.9 Å². The van der Waals surface area contributed by atoms with Gasteiger partial charge < -0.3 is 23.7 Å². The molecule has 2 aliphatic rings. The summed E-state index contributed by atoms with van der Waals surface area (Å²) in [7, 11) is 1.88. The summed E-state index contributed by atoms with van der Waals surface area (Å²) in [4.78, 5) is 39.0. The summed E-state index contributed by atoms with van der Waals surface area (Å²) in [6.45, 7) is 4.57. The van der Waals surface area contributed by atoms with Crippen molar-refractivity contribution in [3.8, 4) is 11.5 Å². The third-order valence-corrected chi connectivity index (χ3v) is 5.72. The van der Waals surface area contributed by atoms with Crippen molar-refractivity contribution in [1.82, 2.24) is 4.57 Å². The predicted molar refractivity (Wildman–Crippen MR) is 108 cm³/mol. The van der Waals surface area contributed by atoms with E-state index in [9.17, 15) is 14.4 Å². The van der Waals surface area contributed by atoms with E-state index in [1.54, 1.807) is 24.3 Å². The van der Waals surface area contributed by atoms with Crippen molar-refractivity contribution in [1.29, 1.82) is 0 Å². The topological polar surface area (TPSA) is 87.1 Å². The first kappa shape index (κ1) is 20.0. The number of Topliss-reactive ketones (excluding diaryl/α,β-unsaturated/α-hetero) is 1. The number of esters is 1. The van der Waals surface area contributed by atoms with Crippen molar-refractivity contribution < 1.29 is 28.6 Å². The molecule has 1 aromatic heterocycles. The van der Waals surface area contributed by atoms with E-state index in [4.69, 9.17) is 14.2 Å². The van der Waals surface area contributed by atoms with Crippen molar-refractivity contribution in [3.05, 3.63) is 41.2 Å². The second kappa shape index (κ2) is 7.85. The molecular formula is C22H24N2O6. The Morgan fingerprint density at radius 3 is 2.57 bits per heavy atom. The van der Waals surface area contributed by atoms with E-state index in [1.807, 2.05) is 25.5 Å². The number of hydrogen-bond donors (Lipinski definition) is 0. The van der Waals surface area contributed by atoms with Crippen LogP contribution in [0.5, 0.6) is 11.5 Å². The molecule has 0 spiro atoms. The summed E-state index contributed by atoms with van der Waals surface area (Å²) in [5.41, 5.74) is 2.97. The van der Waals surface area contributed by atoms with Crippen LogP contribution in [0.25, 0.3) is 0 Å². The molecule has 0 aliphatic carbocycles. The number of hydrogen-bond acceptors (Lipinski definition) is 6. The molecule has 1 atom stereocenters. The van der Waals surface area contributed by atoms with Gasteiger partial charge in [0.2, 0.25) is 11.7 Å². The number of carbonyl (C=O) groups excluding carboxylic acids is 3. The Morgan fingerprint density at radius 2 is 1.87 bits per heavy atom. The lowest BCUT2D eigenvalue weighted by molar-refractivity contribution is -0.147. The zero-order chi connectivity index (χ0) is 21.4. The number of carbonyl (C=O) groups is 3. The molecule has 1 saturated heterocycles. The number of amides is 1. The van der Waals surface area contributed by atoms with Gasteiger partial charge in [-0.1, -0.05) is 0 Å². The summed E-state index contributed by atoms with van der Waals surface area (Å²) in [5.74, 6) is -0.361. The Hall–Kier alpha value is -3.29. The number of aromatic nitrogens is 1. The monoisotopic (exact) mass is 412 g/mol. The summed E-state index contributed by atoms with van der Waals surface area (Å²) < 4.78 is 18.2. The van der Waals surface area contributed by atoms with Crippen molar-refractivity contribution in [2.75, 3.05) is 31.3 Å². The number of fused-ring (bicyclic) bond motifs is 1. The molecule has 1 fully saturated rings. The number of ketones is 1. The van der Waals surface area contributed by atoms with Crippen LogP contribution in [0.4, 0.5) is 5.69 Å². The molecule has 2 aromatic rings. The van der Waals surface area contributed by atoms with Crippen LogP contribution in [0.2, 0.25) is 0 Å². The van der Waals surface area contributed by atoms with Crippen LogP contribution in [0, 0.1) is 19.8 Å². The fraction of sp³-hybridized carbons (Fsp3) is 0.409. The minimum absolute atomic E-state index is 0.0466. The van der Waals surface area contributed by atoms with Gasteiger partial charge in [-0.15, -0.1) is 0 Å². The molecule has 30 heavy (non-hydrogen) atoms. The Morgan fingerprint density at radius 1 is 1.13 bits per heavy atom. The third-order valence-electron chi connectivity index (χ3n) is 5.72. The largest absolute Gasteiger partial charge is 0.486 e. The number of benzene rings is 1. The van der Waals surface area contributed by atoms with Gasteiger partial charge in [-0.25, -0.2) is 0 Å². The molecule has 0 radical (unpaired) electrons. The number of rotatable bonds is 5. The molecule has 1 aromatic carbocycles. The average molecular weight is 412 g/mol. The zero-order valence-electron chi connectivity index (χ0n) is 17.3. The van der Waals surface area contributed by atoms with Gasteiger partial charge in [-0.2, -0.15) is 0 Å². The minimum atomic E-state index is -0.614. The maximum absolute atomic E-state index is 12.5. The maximum atomic E-state index is 12.5. The molecule has 4 rings (SSSR count). The minimum Gasteiger partial charge on any atom is -0.486 e. The van der Waals surface area contributed by atoms with Crippen LogP contribution in [0.15, 0.2) is 24.3 Å². The zero-order valence-corrected chi connectivity index (χ0v) is 17.3. The number of ether oxygens (including phenoxy) is 3. The highest BCUT2D eigenvalue weighted by Gasteiger charge is 2.37. The second-order valence-electron chi connectivity index (χ2n) is 7.61. The molecule has 8 heteroatoms. The van der Waals surface area contributed by atoms with Gasteiger partial charge in [0.25, 0.3) is 0 Å². The first-order chi connectivity index (χ1) is 14.3. The molecule has 0 bridgehead atoms. The Balaban J connectivity index is 1.38. The lowest BCUT2D eigenvalue weighted by Crippen LogP contribution is -2.27. The van der Waals surface area contributed by atoms with Crippen molar-refractivity contribution >= 4 is 23.3 Å². The first-order valence-electron chi connectivity index (χ1n) is 9.88. The fourth-order valence-corrected chi connectivity index (χ4v) is 3.78. The molecule has 158 valence electrons. The molecule has 8 nitrogen and oxygen atoms in total. The lowest BCUT2D eigenvalue weighted by atomic mass is 10.1. The lowest BCUT2D eigenvalue weighted by Gasteiger charge is -2.22. The molecule has 3 heterocycles. The van der Waals surface area contributed by atoms with Gasteiger partial charge in [0.15, 0.2) is 18.1 Å². The highest BCUT2D eigenvalue weighted by molar-refractivity contribution is 6.01. The van der Waals surface area contributed by atoms with E-state index in [0.29, 0.717) is 36.0 Å². The number of anilines is 1. The van der Waals surface area contributed by atoms with Gasteiger partial charge >= 0.3 is 5.97 Å². The average Bonchev–Trinajstić information content (AvgIpc) is 3.26. The first-order valence-corrected chi connectivity index (χ1v) is 9.88. The SMILES string of the molecule is Cc1cc(C(=O)COC(=O)[C@H]2CC(=O)N(c3ccc4c(c3)OCCO4)C2)c(C)n1C. The van der Waals surface area contributed by atoms with Gasteiger partial charge in [-0.05, 0) is 32.0 Å². The van der Waals surface area contributed by atoms with E-state index in [0.717, 1.165) is 11.4 Å². The number of aryl methyl sites for hydroxylation is 1. The Bertz CT molecular complexity index is 1020. The van der Waals surface area contributed by atoms with Crippen molar-refractivity contribution in [3.63, 3.8) is 0 Å². The molecule has 0 unspecified atom stereocenters. The summed E-state index contributed by atoms with van der Waals surface area (Å²) in [6.07, 6.45) is 0.0466. The molecule has 1 amide bonds. The van der Waals surface area contributed by atoms with Gasteiger partial charge in [-0.3, -0.25) is 14.4 Å². The van der Waals surface area contributed by atoms with Crippen LogP contribution in [0.3, 0.4) is 0 Å². The van der Waals surface area contributed by atoms with E-state index in [2.05, 4.69) is 0 Å². The van der Waals surface area contributed by atoms with Gasteiger partial charge in [0, 0.05) is 48.7 Å². The van der Waals surface area contributed by atoms with Crippen molar-refractivity contribution in [2.24, 2.45) is 13.0 Å². The fourth-order valence-electron chi connectivity index (χ4n) is 3.78. The quantitative estimate of drug-likeness (QED) is 0.553. The standard InChI is InChI=1S/C22H24N2O6/c1-13-8-17(14(2)23(13)3)18(25)12-30-22(27)15-9-21(26)24(11-15)16-4-5-19-20(10-16)29-7-6-28-19/h4-5,8,10,15H,6-7,9,11-12H2,1-3H3/t15-/m0/s1.